The van der Waals surface area contributed by atoms with Crippen molar-refractivity contribution >= 4 is 57.6 Å². The van der Waals surface area contributed by atoms with Crippen LogP contribution in [0.25, 0.3) is 11.2 Å². The van der Waals surface area contributed by atoms with Gasteiger partial charge in [-0.2, -0.15) is 0 Å². The van der Waals surface area contributed by atoms with Crippen molar-refractivity contribution in [2.24, 2.45) is 34.6 Å². The highest BCUT2D eigenvalue weighted by molar-refractivity contribution is 7.53. The molecule has 4 aliphatic rings. The summed E-state index contributed by atoms with van der Waals surface area (Å²) in [6, 6.07) is -1.66. The van der Waals surface area contributed by atoms with Crippen molar-refractivity contribution in [3.05, 3.63) is 18.3 Å². The van der Waals surface area contributed by atoms with Crippen molar-refractivity contribution in [2.75, 3.05) is 178 Å². The van der Waals surface area contributed by atoms with Crippen LogP contribution in [-0.2, 0) is 129 Å². The SMILES string of the molecule is Cc1ncnc2c1ncn2[C@H]1C[C@H](CP(=O)(O)OCOCC(CO)COCOP(=O)(O)OCC(COCCCOP(=O)(O)OCCCCCCO[C@@H]2OC(CO)[C@H](O)[C@H](O)C2C)(COCCCOP(=O)(O)OCCCCCCO[C@@H]2OC(CO)C(O)C[C@@H]2N)COCCCOP(=O)(O)OCCCCCCO[C@@H]2OC(CO)[C@H](O)C(O)[C@@H]2N)[C@@H](COP(C)(=O)O)O1. The number of aromatic nitrogens is 4. The number of ether oxygens (including phenoxy) is 12. The molecule has 19 N–H and O–H groups in total. The number of hydrogen-bond donors (Lipinski definition) is 17. The molecule has 732 valence electrons. The number of hydrogen-bond acceptors (Lipinski definition) is 42. The smallest absolute Gasteiger partial charge is 0.396 e. The molecule has 0 radical (unpaired) electrons. The molecule has 4 fully saturated rings. The van der Waals surface area contributed by atoms with E-state index in [0.29, 0.717) is 93.9 Å². The van der Waals surface area contributed by atoms with E-state index in [0.717, 1.165) is 6.66 Å². The number of phosphoric ester groups is 4. The summed E-state index contributed by atoms with van der Waals surface area (Å²) in [5.41, 5.74) is 11.9. The Morgan fingerprint density at radius 3 is 1.40 bits per heavy atom. The molecule has 2 aromatic heterocycles. The Labute approximate surface area is 725 Å². The normalized spacial score (nSPS) is 28.8. The average molecular weight is 1930 g/mol. The Morgan fingerprint density at radius 2 is 0.912 bits per heavy atom. The van der Waals surface area contributed by atoms with Crippen LogP contribution in [0.3, 0.4) is 0 Å². The molecular formula is C70H134N6O43P6. The first kappa shape index (κ1) is 112. The van der Waals surface area contributed by atoms with Crippen LogP contribution in [0.5, 0.6) is 0 Å². The van der Waals surface area contributed by atoms with Crippen molar-refractivity contribution in [3.8, 4) is 0 Å². The van der Waals surface area contributed by atoms with Crippen LogP contribution in [-0.4, -0.2) is 359 Å². The van der Waals surface area contributed by atoms with Gasteiger partial charge in [0.05, 0.1) is 166 Å². The Bertz CT molecular complexity index is 3510. The zero-order chi connectivity index (χ0) is 91.7. The van der Waals surface area contributed by atoms with Gasteiger partial charge in [0, 0.05) is 64.1 Å². The molecule has 6 heterocycles. The van der Waals surface area contributed by atoms with E-state index in [1.807, 2.05) is 0 Å². The van der Waals surface area contributed by atoms with Gasteiger partial charge in [0.15, 0.2) is 38.1 Å². The molecule has 6 rings (SSSR count). The average Bonchev–Trinajstić information content (AvgIpc) is 1.63. The van der Waals surface area contributed by atoms with Crippen LogP contribution in [0.1, 0.15) is 128 Å². The number of nitrogens with zero attached hydrogens (tertiary/aromatic N) is 4. The molecule has 0 amide bonds. The van der Waals surface area contributed by atoms with Gasteiger partial charge in [-0.3, -0.25) is 54.4 Å². The fraction of sp³-hybridized carbons (Fsp3) is 0.929. The summed E-state index contributed by atoms with van der Waals surface area (Å²) in [4.78, 5) is 76.2. The van der Waals surface area contributed by atoms with Gasteiger partial charge < -0.3 is 148 Å². The Balaban J connectivity index is 1.02. The highest BCUT2D eigenvalue weighted by Crippen LogP contribution is 2.51. The van der Waals surface area contributed by atoms with Gasteiger partial charge in [0.2, 0.25) is 0 Å². The van der Waals surface area contributed by atoms with Crippen molar-refractivity contribution in [1.82, 2.24) is 19.5 Å². The lowest BCUT2D eigenvalue weighted by Gasteiger charge is -2.40. The van der Waals surface area contributed by atoms with Crippen LogP contribution < -0.4 is 11.5 Å². The molecule has 25 atom stereocenters. The summed E-state index contributed by atoms with van der Waals surface area (Å²) >= 11 is 0. The minimum absolute atomic E-state index is 0.0346. The van der Waals surface area contributed by atoms with Crippen LogP contribution in [0, 0.1) is 30.1 Å². The first-order valence-electron chi connectivity index (χ1n) is 41.6. The number of phosphoric acid groups is 4. The highest BCUT2D eigenvalue weighted by atomic mass is 31.2. The molecule has 0 spiro atoms. The molecule has 4 saturated heterocycles. The van der Waals surface area contributed by atoms with Gasteiger partial charge in [-0.05, 0) is 77.6 Å². The van der Waals surface area contributed by atoms with Gasteiger partial charge >= 0.3 is 46.5 Å². The van der Waals surface area contributed by atoms with E-state index < -0.39 is 248 Å². The molecule has 14 unspecified atom stereocenters. The monoisotopic (exact) mass is 1930 g/mol. The molecule has 0 saturated carbocycles. The lowest BCUT2D eigenvalue weighted by atomic mass is 9.92. The summed E-state index contributed by atoms with van der Waals surface area (Å²) in [5, 5.41) is 89.3. The molecule has 2 aromatic rings. The fourth-order valence-electron chi connectivity index (χ4n) is 13.1. The number of aryl methyl sites for hydroxylation is 1. The lowest BCUT2D eigenvalue weighted by molar-refractivity contribution is -0.282. The molecule has 0 aliphatic carbocycles. The number of aliphatic hydroxyl groups excluding tert-OH is 9. The minimum Gasteiger partial charge on any atom is -0.396 e. The largest absolute Gasteiger partial charge is 0.474 e. The lowest BCUT2D eigenvalue weighted by Crippen LogP contribution is -2.62. The van der Waals surface area contributed by atoms with Crippen LogP contribution in [0.2, 0.25) is 0 Å². The zero-order valence-electron chi connectivity index (χ0n) is 70.7. The van der Waals surface area contributed by atoms with E-state index in [1.165, 1.54) is 12.7 Å². The van der Waals surface area contributed by atoms with Gasteiger partial charge in [-0.25, -0.2) is 33.2 Å². The Hall–Kier alpha value is -1.63. The van der Waals surface area contributed by atoms with Gasteiger partial charge in [-0.1, -0.05) is 45.4 Å². The highest BCUT2D eigenvalue weighted by Gasteiger charge is 2.46. The Morgan fingerprint density at radius 1 is 0.472 bits per heavy atom. The number of unbranched alkanes of at least 4 members (excludes halogenated alkanes) is 9. The second kappa shape index (κ2) is 57.9. The third-order valence-electron chi connectivity index (χ3n) is 20.2. The van der Waals surface area contributed by atoms with E-state index in [2.05, 4.69) is 15.0 Å². The maximum absolute atomic E-state index is 13.7. The third kappa shape index (κ3) is 42.4. The van der Waals surface area contributed by atoms with E-state index in [1.54, 1.807) is 18.4 Å². The van der Waals surface area contributed by atoms with Crippen molar-refractivity contribution in [2.45, 2.75) is 215 Å². The van der Waals surface area contributed by atoms with E-state index in [-0.39, 0.29) is 118 Å². The van der Waals surface area contributed by atoms with Crippen molar-refractivity contribution in [3.63, 3.8) is 0 Å². The summed E-state index contributed by atoms with van der Waals surface area (Å²) in [7, 11) is -27.5. The van der Waals surface area contributed by atoms with Gasteiger partial charge in [0.25, 0.3) is 0 Å². The van der Waals surface area contributed by atoms with Crippen molar-refractivity contribution in [1.29, 1.82) is 0 Å². The molecular weight excluding hydrogens is 1800 g/mol. The van der Waals surface area contributed by atoms with E-state index in [9.17, 15) is 103 Å². The van der Waals surface area contributed by atoms with Crippen LogP contribution >= 0.6 is 46.5 Å². The molecule has 49 nitrogen and oxygen atoms in total. The van der Waals surface area contributed by atoms with Gasteiger partial charge in [-0.15, -0.1) is 0 Å². The number of nitrogens with two attached hydrogens (primary N) is 2. The molecule has 125 heavy (non-hydrogen) atoms. The maximum atomic E-state index is 13.7. The number of imidazole rings is 1. The minimum atomic E-state index is -5.16. The third-order valence-corrected chi connectivity index (χ3v) is 26.2. The fourth-order valence-corrected chi connectivity index (χ4v) is 17.9. The standard InChI is InChI=1S/C70H134N6O43P6/c1-49-62(82)63(83)56(35-79)118-67(49)103-22-10-4-7-13-25-106-122(90,91)109-28-16-19-98-41-70(42-99-20-17-29-110-123(92,93)107-26-14-8-5-11-23-104-68-53(71)32-54(81)55(34-78)117-68,43-100-21-18-30-111-124(94,95)108-27-15-9-6-12-24-105-69-60(72)65(85)64(84)57(36-80)119-69)44-113-125(96,97)115-48-102-38-51(33-77)37-101-47-114-121(88,89)40-52-31-59(116-58(52)39-112-120(3,86)87)76-46-75-61-50(2)73-45-74-66(61)76/h45-46,49,51-60,62-65,67-69,77-85H,4-44,47-48,71-72H2,1-3H3,(H,86,87)(H,88,89)(H,90,91)(H,92,93)(H,94,95)(H,96,97)/t49?,51?,52-,53+,54?,55?,56?,57?,58-,59-,60+,62-,63+,64+,65?,67-,68-,69-,70?/m1/s1. The van der Waals surface area contributed by atoms with Crippen LogP contribution in [0.4, 0.5) is 0 Å². The predicted octanol–water partition coefficient (Wildman–Crippen LogP) is 1.74. The van der Waals surface area contributed by atoms with Crippen molar-refractivity contribution < 1.29 is 205 Å². The quantitative estimate of drug-likeness (QED) is 0.0255. The molecule has 55 heteroatoms. The summed E-state index contributed by atoms with van der Waals surface area (Å²) in [6.07, 6.45) is -4.89. The summed E-state index contributed by atoms with van der Waals surface area (Å²) in [5.74, 6) is -2.22. The van der Waals surface area contributed by atoms with E-state index in [4.69, 9.17) is 114 Å². The maximum Gasteiger partial charge on any atom is 0.474 e. The summed E-state index contributed by atoms with van der Waals surface area (Å²) in [6.45, 7) is -4.19. The number of fused-ring (bicyclic) bond motifs is 1. The first-order valence-corrected chi connectivity index (χ1v) is 51.4. The second-order valence-corrected chi connectivity index (χ2v) is 40.5. The second-order valence-electron chi connectivity index (χ2n) is 30.9. The number of rotatable bonds is 71. The Kier molecular flexibility index (Phi) is 52.0. The van der Waals surface area contributed by atoms with E-state index >= 15 is 0 Å². The first-order chi connectivity index (χ1) is 59.4. The topological polar surface area (TPSA) is 705 Å². The van der Waals surface area contributed by atoms with Gasteiger partial charge in [0.1, 0.15) is 54.7 Å². The zero-order valence-corrected chi connectivity index (χ0v) is 76.1. The number of aliphatic hydroxyl groups is 9. The molecule has 0 aromatic carbocycles. The van der Waals surface area contributed by atoms with Crippen LogP contribution in [0.15, 0.2) is 12.7 Å². The molecule has 0 bridgehead atoms. The molecule has 4 aliphatic heterocycles. The predicted molar refractivity (Wildman–Crippen MR) is 433 cm³/mol. The summed E-state index contributed by atoms with van der Waals surface area (Å²) < 4.78 is 201.